The third-order valence-corrected chi connectivity index (χ3v) is 10.8. The summed E-state index contributed by atoms with van der Waals surface area (Å²) >= 11 is 0. The normalized spacial score (nSPS) is 16.0. The summed E-state index contributed by atoms with van der Waals surface area (Å²) in [5, 5.41) is 5.12. The quantitative estimate of drug-likeness (QED) is 0.176. The largest absolute Gasteiger partial charge is 0.275 e. The molecule has 1 atom stereocenters. The highest BCUT2D eigenvalue weighted by Crippen LogP contribution is 2.63. The minimum atomic E-state index is -0.476. The molecule has 0 amide bonds. The molecule has 1 spiro atoms. The lowest BCUT2D eigenvalue weighted by atomic mass is 9.70. The van der Waals surface area contributed by atoms with Gasteiger partial charge < -0.3 is 0 Å². The first kappa shape index (κ1) is 24.3. The Morgan fingerprint density at radius 2 is 0.978 bits per heavy atom. The van der Waals surface area contributed by atoms with Crippen molar-refractivity contribution < 1.29 is 0 Å². The van der Waals surface area contributed by atoms with Gasteiger partial charge in [-0.3, -0.25) is 9.20 Å². The number of benzene rings is 7. The van der Waals surface area contributed by atoms with Gasteiger partial charge in [0, 0.05) is 21.5 Å². The monoisotopic (exact) mass is 583 g/mol. The summed E-state index contributed by atoms with van der Waals surface area (Å²) in [6, 6.07) is 54.7. The predicted molar refractivity (Wildman–Crippen MR) is 189 cm³/mol. The summed E-state index contributed by atoms with van der Waals surface area (Å²) in [6.45, 7) is 0. The molecule has 2 aliphatic rings. The molecule has 7 aromatic carbocycles. The summed E-state index contributed by atoms with van der Waals surface area (Å²) in [7, 11) is 0. The second kappa shape index (κ2) is 8.38. The van der Waals surface area contributed by atoms with Crippen LogP contribution in [0.4, 0.5) is 0 Å². The van der Waals surface area contributed by atoms with Crippen LogP contribution >= 0.6 is 0 Å². The summed E-state index contributed by atoms with van der Waals surface area (Å²) < 4.78 is 1.97. The van der Waals surface area contributed by atoms with Crippen molar-refractivity contribution in [3.05, 3.63) is 184 Å². The zero-order valence-corrected chi connectivity index (χ0v) is 24.8. The fourth-order valence-electron chi connectivity index (χ4n) is 8.96. The lowest BCUT2D eigenvalue weighted by Crippen LogP contribution is -2.25. The molecule has 46 heavy (non-hydrogen) atoms. The maximum atomic E-state index is 14.2. The maximum Gasteiger partial charge on any atom is 0.263 e. The van der Waals surface area contributed by atoms with Crippen LogP contribution in [0.25, 0.3) is 71.3 Å². The second-order valence-electron chi connectivity index (χ2n) is 12.8. The number of rotatable bonds is 1. The van der Waals surface area contributed by atoms with Crippen molar-refractivity contribution in [2.75, 3.05) is 0 Å². The molecule has 1 unspecified atom stereocenters. The molecule has 0 radical (unpaired) electrons. The molecule has 212 valence electrons. The van der Waals surface area contributed by atoms with Crippen LogP contribution < -0.4 is 5.56 Å². The van der Waals surface area contributed by atoms with E-state index in [9.17, 15) is 4.79 Å². The van der Waals surface area contributed by atoms with E-state index >= 15 is 0 Å². The SMILES string of the molecule is O=c1c2ccccc2c2cccc3c4cc5c(cc4n1c23)-c1ccccc1C51c2ccccc2-c2ccc(-c3ccccc3)cc21. The van der Waals surface area contributed by atoms with Crippen LogP contribution in [0, 0.1) is 0 Å². The van der Waals surface area contributed by atoms with Gasteiger partial charge in [0.25, 0.3) is 5.56 Å². The van der Waals surface area contributed by atoms with Crippen molar-refractivity contribution in [1.82, 2.24) is 4.40 Å². The molecule has 2 heterocycles. The van der Waals surface area contributed by atoms with Gasteiger partial charge in [0.2, 0.25) is 0 Å². The van der Waals surface area contributed by atoms with Crippen LogP contribution in [-0.2, 0) is 5.41 Å². The maximum absolute atomic E-state index is 14.2. The molecule has 0 saturated heterocycles. The first-order chi connectivity index (χ1) is 22.7. The zero-order chi connectivity index (χ0) is 30.1. The van der Waals surface area contributed by atoms with E-state index < -0.39 is 5.41 Å². The highest BCUT2D eigenvalue weighted by atomic mass is 16.1. The minimum Gasteiger partial charge on any atom is -0.275 e. The number of fused-ring (bicyclic) bond motifs is 15. The molecular formula is C44H25NO. The summed E-state index contributed by atoms with van der Waals surface area (Å²) in [5.74, 6) is 0. The third kappa shape index (κ3) is 2.73. The molecule has 0 N–H and O–H groups in total. The number of hydrogen-bond acceptors (Lipinski definition) is 1. The predicted octanol–water partition coefficient (Wildman–Crippen LogP) is 10.2. The lowest BCUT2D eigenvalue weighted by molar-refractivity contribution is 0.795. The van der Waals surface area contributed by atoms with Gasteiger partial charge in [-0.1, -0.05) is 127 Å². The van der Waals surface area contributed by atoms with Gasteiger partial charge in [0.05, 0.1) is 16.4 Å². The van der Waals surface area contributed by atoms with E-state index in [4.69, 9.17) is 0 Å². The van der Waals surface area contributed by atoms with E-state index in [-0.39, 0.29) is 5.56 Å². The third-order valence-electron chi connectivity index (χ3n) is 10.8. The van der Waals surface area contributed by atoms with Gasteiger partial charge in [-0.25, -0.2) is 0 Å². The first-order valence-corrected chi connectivity index (χ1v) is 15.9. The van der Waals surface area contributed by atoms with E-state index in [1.165, 1.54) is 55.6 Å². The minimum absolute atomic E-state index is 0.0410. The van der Waals surface area contributed by atoms with Gasteiger partial charge in [-0.05, 0) is 85.3 Å². The average Bonchev–Trinajstić information content (AvgIpc) is 3.72. The Bertz CT molecular complexity index is 2830. The first-order valence-electron chi connectivity index (χ1n) is 15.9. The van der Waals surface area contributed by atoms with Gasteiger partial charge in [-0.15, -0.1) is 0 Å². The molecule has 0 fully saturated rings. The smallest absolute Gasteiger partial charge is 0.263 e. The molecular weight excluding hydrogens is 558 g/mol. The van der Waals surface area contributed by atoms with Crippen LogP contribution in [-0.4, -0.2) is 4.40 Å². The number of nitrogens with zero attached hydrogens (tertiary/aromatic N) is 1. The fourth-order valence-corrected chi connectivity index (χ4v) is 8.96. The van der Waals surface area contributed by atoms with E-state index in [0.29, 0.717) is 0 Å². The molecule has 2 aromatic heterocycles. The van der Waals surface area contributed by atoms with Gasteiger partial charge in [0.15, 0.2) is 0 Å². The number of hydrogen-bond donors (Lipinski definition) is 0. The summed E-state index contributed by atoms with van der Waals surface area (Å²) in [6.07, 6.45) is 0. The van der Waals surface area contributed by atoms with Crippen molar-refractivity contribution in [3.8, 4) is 33.4 Å². The van der Waals surface area contributed by atoms with Crippen LogP contribution in [0.5, 0.6) is 0 Å². The molecule has 2 heteroatoms. The molecule has 9 aromatic rings. The van der Waals surface area contributed by atoms with Crippen LogP contribution in [0.1, 0.15) is 22.3 Å². The van der Waals surface area contributed by atoms with Crippen LogP contribution in [0.2, 0.25) is 0 Å². The van der Waals surface area contributed by atoms with E-state index in [0.717, 1.165) is 38.0 Å². The van der Waals surface area contributed by atoms with E-state index in [2.05, 4.69) is 133 Å². The molecule has 0 aliphatic heterocycles. The number of pyridine rings is 1. The van der Waals surface area contributed by atoms with Gasteiger partial charge in [0.1, 0.15) is 0 Å². The zero-order valence-electron chi connectivity index (χ0n) is 24.8. The van der Waals surface area contributed by atoms with Gasteiger partial charge >= 0.3 is 0 Å². The summed E-state index contributed by atoms with van der Waals surface area (Å²) in [5.41, 5.74) is 14.2. The molecule has 0 bridgehead atoms. The van der Waals surface area contributed by atoms with Crippen LogP contribution in [0.3, 0.4) is 0 Å². The van der Waals surface area contributed by atoms with E-state index in [1.54, 1.807) is 0 Å². The van der Waals surface area contributed by atoms with Crippen molar-refractivity contribution in [1.29, 1.82) is 0 Å². The Kier molecular flexibility index (Phi) is 4.43. The van der Waals surface area contributed by atoms with Gasteiger partial charge in [-0.2, -0.15) is 0 Å². The standard InChI is InChI=1S/C44H25NO/c46-43-34-16-5-4-13-28(34)32-17-10-18-33-36-24-40-35(25-41(36)45(43)42(32)33)30-15-7-9-20-38(30)44(40)37-19-8-6-14-29(37)31-22-21-27(23-39(31)44)26-11-2-1-3-12-26/h1-25H. The Labute approximate surface area is 264 Å². The molecule has 0 saturated carbocycles. The fraction of sp³-hybridized carbons (Fsp3) is 0.0227. The van der Waals surface area contributed by atoms with Crippen molar-refractivity contribution in [3.63, 3.8) is 0 Å². The molecule has 2 nitrogen and oxygen atoms in total. The molecule has 11 rings (SSSR count). The highest BCUT2D eigenvalue weighted by Gasteiger charge is 2.52. The van der Waals surface area contributed by atoms with Crippen molar-refractivity contribution >= 4 is 38.0 Å². The summed E-state index contributed by atoms with van der Waals surface area (Å²) in [4.78, 5) is 14.2. The van der Waals surface area contributed by atoms with Crippen molar-refractivity contribution in [2.24, 2.45) is 0 Å². The average molecular weight is 584 g/mol. The van der Waals surface area contributed by atoms with Crippen molar-refractivity contribution in [2.45, 2.75) is 5.41 Å². The highest BCUT2D eigenvalue weighted by molar-refractivity contribution is 6.21. The number of aromatic nitrogens is 1. The van der Waals surface area contributed by atoms with E-state index in [1.807, 2.05) is 22.6 Å². The Balaban J connectivity index is 1.33. The lowest BCUT2D eigenvalue weighted by Gasteiger charge is -2.31. The molecule has 2 aliphatic carbocycles. The second-order valence-corrected chi connectivity index (χ2v) is 12.8. The van der Waals surface area contributed by atoms with Crippen LogP contribution in [0.15, 0.2) is 156 Å². The Morgan fingerprint density at radius 3 is 1.76 bits per heavy atom. The Hall–Kier alpha value is -5.99. The number of para-hydroxylation sites is 1. The Morgan fingerprint density at radius 1 is 0.391 bits per heavy atom. The topological polar surface area (TPSA) is 21.5 Å².